The zero-order valence-corrected chi connectivity index (χ0v) is 19.7. The van der Waals surface area contributed by atoms with Crippen molar-refractivity contribution in [3.8, 4) is 22.9 Å². The predicted octanol–water partition coefficient (Wildman–Crippen LogP) is 4.96. The monoisotopic (exact) mass is 473 g/mol. The number of rotatable bonds is 5. The lowest BCUT2D eigenvalue weighted by molar-refractivity contribution is -0.113. The van der Waals surface area contributed by atoms with E-state index in [1.54, 1.807) is 53.5 Å². The summed E-state index contributed by atoms with van der Waals surface area (Å²) < 4.78 is 7.14. The van der Waals surface area contributed by atoms with Gasteiger partial charge in [-0.3, -0.25) is 4.79 Å². The average molecular weight is 474 g/mol. The fourth-order valence-electron chi connectivity index (χ4n) is 4.06. The number of nitrogens with zero attached hydrogens (tertiary/aromatic N) is 3. The molecule has 0 aliphatic carbocycles. The fraction of sp³-hybridized carbons (Fsp3) is 0.160. The Balaban J connectivity index is 1.60. The Kier molecular flexibility index (Phi) is 5.54. The Morgan fingerprint density at radius 1 is 1.18 bits per heavy atom. The number of hydrogen-bond donors (Lipinski definition) is 3. The molecule has 8 nitrogen and oxygen atoms in total. The number of nitrogens with one attached hydrogen (secondary N) is 2. The molecule has 2 aromatic heterocycles. The van der Waals surface area contributed by atoms with Gasteiger partial charge in [-0.15, -0.1) is 16.4 Å². The largest absolute Gasteiger partial charge is 0.508 e. The third-order valence-electron chi connectivity index (χ3n) is 5.71. The molecule has 2 aromatic carbocycles. The van der Waals surface area contributed by atoms with Crippen molar-refractivity contribution in [1.82, 2.24) is 14.8 Å². The van der Waals surface area contributed by atoms with Crippen LogP contribution in [0.1, 0.15) is 23.4 Å². The molecule has 3 N–H and O–H groups in total. The summed E-state index contributed by atoms with van der Waals surface area (Å²) in [6.07, 6.45) is 0. The number of ether oxygens (including phenoxy) is 1. The number of phenols is 1. The molecule has 1 amide bonds. The minimum Gasteiger partial charge on any atom is -0.508 e. The van der Waals surface area contributed by atoms with E-state index < -0.39 is 6.04 Å². The van der Waals surface area contributed by atoms with Crippen LogP contribution in [0.2, 0.25) is 0 Å². The standard InChI is InChI=1S/C25H23N5O3S/c1-14-11-12-34-22(14)21-20(24(32)27-18-9-4-5-10-19(18)33-3)15(2)26-25-28-23(29-30(21)25)16-7-6-8-17(31)13-16/h4-13,21,31H,1-3H3,(H,27,32)(H,26,28,29). The summed E-state index contributed by atoms with van der Waals surface area (Å²) >= 11 is 1.57. The van der Waals surface area contributed by atoms with E-state index in [4.69, 9.17) is 9.84 Å². The van der Waals surface area contributed by atoms with Gasteiger partial charge in [0.05, 0.1) is 18.4 Å². The van der Waals surface area contributed by atoms with Gasteiger partial charge in [0.1, 0.15) is 17.5 Å². The second-order valence-corrected chi connectivity index (χ2v) is 8.89. The van der Waals surface area contributed by atoms with Crippen LogP contribution in [-0.2, 0) is 4.79 Å². The minimum absolute atomic E-state index is 0.134. The van der Waals surface area contributed by atoms with Gasteiger partial charge in [0.2, 0.25) is 5.95 Å². The van der Waals surface area contributed by atoms with Crippen molar-refractivity contribution < 1.29 is 14.6 Å². The Labute approximate surface area is 200 Å². The van der Waals surface area contributed by atoms with Crippen molar-refractivity contribution >= 4 is 28.9 Å². The van der Waals surface area contributed by atoms with Crippen molar-refractivity contribution in [2.45, 2.75) is 19.9 Å². The molecule has 34 heavy (non-hydrogen) atoms. The first-order valence-electron chi connectivity index (χ1n) is 10.7. The third kappa shape index (κ3) is 3.80. The van der Waals surface area contributed by atoms with E-state index in [0.29, 0.717) is 40.0 Å². The van der Waals surface area contributed by atoms with Crippen LogP contribution in [0.5, 0.6) is 11.5 Å². The molecule has 1 unspecified atom stereocenters. The lowest BCUT2D eigenvalue weighted by atomic mass is 9.98. The molecule has 5 rings (SSSR count). The van der Waals surface area contributed by atoms with Gasteiger partial charge in [-0.05, 0) is 55.1 Å². The maximum atomic E-state index is 13.6. The fourth-order valence-corrected chi connectivity index (χ4v) is 5.08. The molecule has 3 heterocycles. The third-order valence-corrected chi connectivity index (χ3v) is 6.78. The smallest absolute Gasteiger partial charge is 0.256 e. The number of amides is 1. The van der Waals surface area contributed by atoms with E-state index in [1.807, 2.05) is 43.5 Å². The predicted molar refractivity (Wildman–Crippen MR) is 132 cm³/mol. The van der Waals surface area contributed by atoms with Gasteiger partial charge in [-0.25, -0.2) is 4.68 Å². The number of hydrogen-bond acceptors (Lipinski definition) is 7. The highest BCUT2D eigenvalue weighted by atomic mass is 32.1. The summed E-state index contributed by atoms with van der Waals surface area (Å²) in [5.41, 5.74) is 3.56. The van der Waals surface area contributed by atoms with E-state index in [2.05, 4.69) is 15.6 Å². The van der Waals surface area contributed by atoms with Crippen LogP contribution < -0.4 is 15.4 Å². The van der Waals surface area contributed by atoms with Crippen molar-refractivity contribution in [2.24, 2.45) is 0 Å². The normalized spacial score (nSPS) is 15.0. The molecule has 0 fully saturated rings. The Bertz CT molecular complexity index is 1420. The maximum Gasteiger partial charge on any atom is 0.256 e. The number of phenolic OH excluding ortho intramolecular Hbond substituents is 1. The Morgan fingerprint density at radius 3 is 2.74 bits per heavy atom. The number of aromatic hydroxyl groups is 1. The Morgan fingerprint density at radius 2 is 2.00 bits per heavy atom. The zero-order chi connectivity index (χ0) is 23.8. The summed E-state index contributed by atoms with van der Waals surface area (Å²) in [7, 11) is 1.57. The topological polar surface area (TPSA) is 101 Å². The van der Waals surface area contributed by atoms with Gasteiger partial charge >= 0.3 is 0 Å². The second kappa shape index (κ2) is 8.68. The van der Waals surface area contributed by atoms with Gasteiger partial charge in [0, 0.05) is 16.1 Å². The number of benzene rings is 2. The van der Waals surface area contributed by atoms with Crippen molar-refractivity contribution in [3.05, 3.63) is 81.7 Å². The number of carbonyl (C=O) groups excluding carboxylic acids is 1. The van der Waals surface area contributed by atoms with Gasteiger partial charge in [0.25, 0.3) is 5.91 Å². The molecular formula is C25H23N5O3S. The van der Waals surface area contributed by atoms with Crippen LogP contribution in [0.25, 0.3) is 11.4 Å². The van der Waals surface area contributed by atoms with Crippen molar-refractivity contribution in [1.29, 1.82) is 0 Å². The van der Waals surface area contributed by atoms with Gasteiger partial charge < -0.3 is 20.5 Å². The zero-order valence-electron chi connectivity index (χ0n) is 18.9. The van der Waals surface area contributed by atoms with Crippen LogP contribution in [-0.4, -0.2) is 32.9 Å². The first-order chi connectivity index (χ1) is 16.5. The molecule has 172 valence electrons. The highest BCUT2D eigenvalue weighted by Crippen LogP contribution is 2.40. The van der Waals surface area contributed by atoms with E-state index in [9.17, 15) is 9.90 Å². The van der Waals surface area contributed by atoms with Crippen LogP contribution in [0.3, 0.4) is 0 Å². The van der Waals surface area contributed by atoms with Crippen LogP contribution in [0.4, 0.5) is 11.6 Å². The quantitative estimate of drug-likeness (QED) is 0.379. The number of allylic oxidation sites excluding steroid dienone is 1. The minimum atomic E-state index is -0.468. The molecule has 0 saturated heterocycles. The number of methoxy groups -OCH3 is 1. The van der Waals surface area contributed by atoms with Gasteiger partial charge in [-0.2, -0.15) is 4.98 Å². The van der Waals surface area contributed by atoms with Crippen LogP contribution >= 0.6 is 11.3 Å². The molecule has 0 radical (unpaired) electrons. The summed E-state index contributed by atoms with van der Waals surface area (Å²) in [5.74, 6) is 1.44. The first-order valence-corrected chi connectivity index (χ1v) is 11.6. The molecule has 9 heteroatoms. The Hall–Kier alpha value is -4.11. The maximum absolute atomic E-state index is 13.6. The molecular weight excluding hydrogens is 450 g/mol. The van der Waals surface area contributed by atoms with E-state index in [0.717, 1.165) is 10.4 Å². The summed E-state index contributed by atoms with van der Waals surface area (Å²) in [6.45, 7) is 3.88. The number of aryl methyl sites for hydroxylation is 1. The molecule has 1 aliphatic rings. The van der Waals surface area contributed by atoms with Crippen LogP contribution in [0, 0.1) is 6.92 Å². The molecule has 0 spiro atoms. The second-order valence-electron chi connectivity index (χ2n) is 7.94. The highest BCUT2D eigenvalue weighted by molar-refractivity contribution is 7.10. The SMILES string of the molecule is COc1ccccc1NC(=O)C1=C(C)Nc2nc(-c3cccc(O)c3)nn2C1c1sccc1C. The molecule has 1 aliphatic heterocycles. The molecule has 0 saturated carbocycles. The van der Waals surface area contributed by atoms with Crippen LogP contribution in [0.15, 0.2) is 71.2 Å². The number of thiophene rings is 1. The van der Waals surface area contributed by atoms with Gasteiger partial charge in [-0.1, -0.05) is 24.3 Å². The summed E-state index contributed by atoms with van der Waals surface area (Å²) in [4.78, 5) is 19.3. The average Bonchev–Trinajstić information content (AvgIpc) is 3.44. The molecule has 1 atom stereocenters. The van der Waals surface area contributed by atoms with E-state index in [1.165, 1.54) is 0 Å². The number of para-hydroxylation sites is 2. The molecule has 4 aromatic rings. The molecule has 0 bridgehead atoms. The number of fused-ring (bicyclic) bond motifs is 1. The van der Waals surface area contributed by atoms with Crippen molar-refractivity contribution in [3.63, 3.8) is 0 Å². The summed E-state index contributed by atoms with van der Waals surface area (Å²) in [5, 5.41) is 22.9. The van der Waals surface area contributed by atoms with Gasteiger partial charge in [0.15, 0.2) is 5.82 Å². The summed E-state index contributed by atoms with van der Waals surface area (Å²) in [6, 6.07) is 15.6. The van der Waals surface area contributed by atoms with E-state index >= 15 is 0 Å². The van der Waals surface area contributed by atoms with E-state index in [-0.39, 0.29) is 11.7 Å². The lowest BCUT2D eigenvalue weighted by Gasteiger charge is -2.28. The first kappa shape index (κ1) is 21.7. The highest BCUT2D eigenvalue weighted by Gasteiger charge is 2.36. The number of carbonyl (C=O) groups is 1. The lowest BCUT2D eigenvalue weighted by Crippen LogP contribution is -2.31. The number of aromatic nitrogens is 3. The van der Waals surface area contributed by atoms with Crippen molar-refractivity contribution in [2.75, 3.05) is 17.7 Å². The number of anilines is 2.